The fourth-order valence-electron chi connectivity index (χ4n) is 2.96. The lowest BCUT2D eigenvalue weighted by Crippen LogP contribution is -2.32. The van der Waals surface area contributed by atoms with E-state index in [-0.39, 0.29) is 11.9 Å². The first-order valence-electron chi connectivity index (χ1n) is 8.24. The van der Waals surface area contributed by atoms with E-state index in [9.17, 15) is 4.79 Å². The van der Waals surface area contributed by atoms with Crippen molar-refractivity contribution in [3.05, 3.63) is 35.2 Å². The molecule has 0 radical (unpaired) electrons. The van der Waals surface area contributed by atoms with Crippen LogP contribution in [0, 0.1) is 26.7 Å². The van der Waals surface area contributed by atoms with E-state index in [1.165, 1.54) is 5.56 Å². The van der Waals surface area contributed by atoms with Gasteiger partial charge in [0.2, 0.25) is 5.91 Å². The van der Waals surface area contributed by atoms with Crippen LogP contribution in [0.4, 0.5) is 0 Å². The molecule has 1 aliphatic carbocycles. The van der Waals surface area contributed by atoms with Crippen LogP contribution in [0.15, 0.2) is 12.4 Å². The van der Waals surface area contributed by atoms with Crippen molar-refractivity contribution in [1.29, 1.82) is 0 Å². The van der Waals surface area contributed by atoms with Crippen LogP contribution < -0.4 is 5.32 Å². The summed E-state index contributed by atoms with van der Waals surface area (Å²) in [5.41, 5.74) is 3.37. The monoisotopic (exact) mass is 315 g/mol. The smallest absolute Gasteiger partial charge is 0.222 e. The molecule has 2 aromatic heterocycles. The highest BCUT2D eigenvalue weighted by molar-refractivity contribution is 5.76. The Kier molecular flexibility index (Phi) is 4.24. The zero-order valence-corrected chi connectivity index (χ0v) is 14.3. The normalized spacial score (nSPS) is 15.7. The molecule has 1 N–H and O–H groups in total. The third kappa shape index (κ3) is 3.30. The van der Waals surface area contributed by atoms with Crippen molar-refractivity contribution in [3.8, 4) is 0 Å². The first-order valence-corrected chi connectivity index (χ1v) is 8.24. The number of nitrogens with one attached hydrogen (secondary N) is 1. The largest absolute Gasteiger partial charge is 0.346 e. The van der Waals surface area contributed by atoms with E-state index in [0.717, 1.165) is 30.1 Å². The Morgan fingerprint density at radius 3 is 2.65 bits per heavy atom. The lowest BCUT2D eigenvalue weighted by molar-refractivity contribution is -0.122. The maximum Gasteiger partial charge on any atom is 0.222 e. The van der Waals surface area contributed by atoms with Gasteiger partial charge >= 0.3 is 0 Å². The van der Waals surface area contributed by atoms with Gasteiger partial charge in [-0.05, 0) is 45.1 Å². The third-order valence-electron chi connectivity index (χ3n) is 4.84. The van der Waals surface area contributed by atoms with Gasteiger partial charge in [0, 0.05) is 38.1 Å². The fourth-order valence-corrected chi connectivity index (χ4v) is 2.96. The van der Waals surface area contributed by atoms with Gasteiger partial charge in [0.15, 0.2) is 0 Å². The Bertz CT molecular complexity index is 711. The van der Waals surface area contributed by atoms with E-state index < -0.39 is 0 Å². The molecule has 3 rings (SSSR count). The van der Waals surface area contributed by atoms with Crippen LogP contribution in [0.25, 0.3) is 0 Å². The van der Waals surface area contributed by atoms with Crippen LogP contribution in [0.3, 0.4) is 0 Å². The number of imidazole rings is 1. The molecule has 2 aromatic rings. The number of aryl methyl sites for hydroxylation is 3. The van der Waals surface area contributed by atoms with E-state index >= 15 is 0 Å². The third-order valence-corrected chi connectivity index (χ3v) is 4.84. The van der Waals surface area contributed by atoms with Crippen LogP contribution in [-0.2, 0) is 18.4 Å². The Hall–Kier alpha value is -2.11. The average molecular weight is 315 g/mol. The van der Waals surface area contributed by atoms with Crippen LogP contribution in [0.5, 0.6) is 0 Å². The van der Waals surface area contributed by atoms with E-state index in [4.69, 9.17) is 0 Å². The van der Waals surface area contributed by atoms with Crippen molar-refractivity contribution >= 4 is 5.91 Å². The molecule has 0 aliphatic heterocycles. The molecule has 124 valence electrons. The van der Waals surface area contributed by atoms with Crippen molar-refractivity contribution < 1.29 is 4.79 Å². The number of rotatable bonds is 6. The Morgan fingerprint density at radius 1 is 1.39 bits per heavy atom. The van der Waals surface area contributed by atoms with Gasteiger partial charge in [-0.3, -0.25) is 9.48 Å². The fraction of sp³-hybridized carbons (Fsp3) is 0.588. The van der Waals surface area contributed by atoms with Gasteiger partial charge in [0.1, 0.15) is 5.82 Å². The van der Waals surface area contributed by atoms with Crippen molar-refractivity contribution in [2.24, 2.45) is 13.0 Å². The summed E-state index contributed by atoms with van der Waals surface area (Å²) < 4.78 is 3.92. The first-order chi connectivity index (χ1) is 11.0. The summed E-state index contributed by atoms with van der Waals surface area (Å²) in [6.07, 6.45) is 6.48. The van der Waals surface area contributed by atoms with Crippen molar-refractivity contribution in [3.63, 3.8) is 0 Å². The lowest BCUT2D eigenvalue weighted by Gasteiger charge is -2.18. The van der Waals surface area contributed by atoms with E-state index in [1.807, 2.05) is 36.3 Å². The van der Waals surface area contributed by atoms with E-state index in [1.54, 1.807) is 6.20 Å². The lowest BCUT2D eigenvalue weighted by atomic mass is 10.1. The van der Waals surface area contributed by atoms with Crippen LogP contribution in [0.2, 0.25) is 0 Å². The zero-order chi connectivity index (χ0) is 16.6. The zero-order valence-electron chi connectivity index (χ0n) is 14.3. The van der Waals surface area contributed by atoms with E-state index in [0.29, 0.717) is 18.9 Å². The Labute approximate surface area is 136 Å². The molecular formula is C17H25N5O. The molecule has 6 heteroatoms. The Morgan fingerprint density at radius 2 is 2.13 bits per heavy atom. The number of nitrogens with zero attached hydrogens (tertiary/aromatic N) is 4. The maximum absolute atomic E-state index is 12.4. The molecule has 1 amide bonds. The second kappa shape index (κ2) is 6.18. The molecule has 1 saturated carbocycles. The molecule has 1 aliphatic rings. The molecule has 0 aromatic carbocycles. The van der Waals surface area contributed by atoms with Gasteiger partial charge in [-0.1, -0.05) is 0 Å². The highest BCUT2D eigenvalue weighted by Gasteiger charge is 2.35. The Balaban J connectivity index is 1.62. The standard InChI is InChI=1S/C17H25N5O/c1-11-12(2)20-22(13(11)3)9-7-15(23)19-16(14-5-6-14)17-18-8-10-21(17)4/h8,10,14,16H,5-7,9H2,1-4H3,(H,19,23). The second-order valence-electron chi connectivity index (χ2n) is 6.55. The van der Waals surface area contributed by atoms with Crippen molar-refractivity contribution in [2.75, 3.05) is 0 Å². The summed E-state index contributed by atoms with van der Waals surface area (Å²) in [6.45, 7) is 6.74. The molecule has 1 unspecified atom stereocenters. The predicted molar refractivity (Wildman–Crippen MR) is 87.9 cm³/mol. The quantitative estimate of drug-likeness (QED) is 0.889. The number of hydrogen-bond donors (Lipinski definition) is 1. The number of carbonyl (C=O) groups excluding carboxylic acids is 1. The molecule has 0 spiro atoms. The molecule has 23 heavy (non-hydrogen) atoms. The summed E-state index contributed by atoms with van der Waals surface area (Å²) in [7, 11) is 1.97. The van der Waals surface area contributed by atoms with Gasteiger partial charge in [-0.25, -0.2) is 4.98 Å². The minimum atomic E-state index is 0.0321. The molecule has 0 saturated heterocycles. The minimum Gasteiger partial charge on any atom is -0.346 e. The van der Waals surface area contributed by atoms with Crippen LogP contribution in [0.1, 0.15) is 48.1 Å². The molecule has 2 heterocycles. The van der Waals surface area contributed by atoms with Gasteiger partial charge in [0.05, 0.1) is 11.7 Å². The maximum atomic E-state index is 12.4. The van der Waals surface area contributed by atoms with Gasteiger partial charge < -0.3 is 9.88 Å². The summed E-state index contributed by atoms with van der Waals surface area (Å²) in [5, 5.41) is 7.66. The number of amides is 1. The van der Waals surface area contributed by atoms with Gasteiger partial charge in [0.25, 0.3) is 0 Å². The summed E-state index contributed by atoms with van der Waals surface area (Å²) in [6, 6.07) is 0.0321. The topological polar surface area (TPSA) is 64.7 Å². The van der Waals surface area contributed by atoms with E-state index in [2.05, 4.69) is 22.3 Å². The highest BCUT2D eigenvalue weighted by atomic mass is 16.1. The average Bonchev–Trinajstić information content (AvgIpc) is 3.23. The minimum absolute atomic E-state index is 0.0321. The number of hydrogen-bond acceptors (Lipinski definition) is 3. The van der Waals surface area contributed by atoms with Gasteiger partial charge in [-0.2, -0.15) is 5.10 Å². The van der Waals surface area contributed by atoms with Crippen molar-refractivity contribution in [1.82, 2.24) is 24.6 Å². The first kappa shape index (κ1) is 15.8. The second-order valence-corrected chi connectivity index (χ2v) is 6.55. The molecule has 1 fully saturated rings. The highest BCUT2D eigenvalue weighted by Crippen LogP contribution is 2.40. The summed E-state index contributed by atoms with van der Waals surface area (Å²) >= 11 is 0. The molecular weight excluding hydrogens is 290 g/mol. The number of aromatic nitrogens is 4. The predicted octanol–water partition coefficient (Wildman–Crippen LogP) is 2.20. The summed E-state index contributed by atoms with van der Waals surface area (Å²) in [5.74, 6) is 1.54. The van der Waals surface area contributed by atoms with Crippen molar-refractivity contribution in [2.45, 2.75) is 52.6 Å². The summed E-state index contributed by atoms with van der Waals surface area (Å²) in [4.78, 5) is 16.8. The SMILES string of the molecule is Cc1nn(CCC(=O)NC(c2nccn2C)C2CC2)c(C)c1C. The van der Waals surface area contributed by atoms with Crippen LogP contribution in [-0.4, -0.2) is 25.2 Å². The molecule has 0 bridgehead atoms. The number of carbonyl (C=O) groups is 1. The molecule has 6 nitrogen and oxygen atoms in total. The van der Waals surface area contributed by atoms with Crippen LogP contribution >= 0.6 is 0 Å². The van der Waals surface area contributed by atoms with Gasteiger partial charge in [-0.15, -0.1) is 0 Å². The molecule has 1 atom stereocenters.